The van der Waals surface area contributed by atoms with Crippen LogP contribution in [0.2, 0.25) is 0 Å². The van der Waals surface area contributed by atoms with Crippen molar-refractivity contribution in [2.45, 2.75) is 16.9 Å². The summed E-state index contributed by atoms with van der Waals surface area (Å²) < 4.78 is 6.76. The van der Waals surface area contributed by atoms with Crippen molar-refractivity contribution in [1.82, 2.24) is 4.98 Å². The number of nitrogens with zero attached hydrogens (tertiary/aromatic N) is 2. The van der Waals surface area contributed by atoms with Crippen molar-refractivity contribution in [2.24, 2.45) is 0 Å². The molecule has 1 aliphatic rings. The van der Waals surface area contributed by atoms with Crippen molar-refractivity contribution in [3.8, 4) is 5.75 Å². The fourth-order valence-electron chi connectivity index (χ4n) is 4.02. The molecule has 0 unspecified atom stereocenters. The molecule has 1 atom stereocenters. The second-order valence-electron chi connectivity index (χ2n) is 7.77. The number of amides is 1. The van der Waals surface area contributed by atoms with Gasteiger partial charge in [0.2, 0.25) is 0 Å². The first-order valence-electron chi connectivity index (χ1n) is 10.8. The first-order valence-corrected chi connectivity index (χ1v) is 12.9. The highest BCUT2D eigenvalue weighted by Gasteiger charge is 2.34. The second-order valence-corrected chi connectivity index (χ2v) is 10.0. The highest BCUT2D eigenvalue weighted by atomic mass is 127. The van der Waals surface area contributed by atoms with Gasteiger partial charge in [-0.25, -0.2) is 4.98 Å². The predicted molar refractivity (Wildman–Crippen MR) is 146 cm³/mol. The van der Waals surface area contributed by atoms with Gasteiger partial charge in [0.25, 0.3) is 5.91 Å². The average Bonchev–Trinajstić information content (AvgIpc) is 2.88. The molecule has 0 fully saturated rings. The van der Waals surface area contributed by atoms with E-state index < -0.39 is 0 Å². The molecule has 5 rings (SSSR count). The summed E-state index contributed by atoms with van der Waals surface area (Å²) in [6, 6.07) is 27.7. The van der Waals surface area contributed by atoms with Gasteiger partial charge in [-0.2, -0.15) is 0 Å². The molecule has 4 aromatic rings. The third-order valence-corrected chi connectivity index (χ3v) is 7.38. The van der Waals surface area contributed by atoms with Crippen LogP contribution in [-0.4, -0.2) is 18.0 Å². The predicted octanol–water partition coefficient (Wildman–Crippen LogP) is 6.76. The third kappa shape index (κ3) is 4.63. The van der Waals surface area contributed by atoms with E-state index in [9.17, 15) is 4.79 Å². The lowest BCUT2D eigenvalue weighted by atomic mass is 10.0. The minimum Gasteiger partial charge on any atom is -0.496 e. The summed E-state index contributed by atoms with van der Waals surface area (Å²) in [6.07, 6.45) is 1.44. The molecule has 0 radical (unpaired) electrons. The number of fused-ring (bicyclic) bond motifs is 1. The average molecular weight is 579 g/mol. The number of rotatable bonds is 6. The molecule has 1 amide bonds. The van der Waals surface area contributed by atoms with Gasteiger partial charge in [-0.05, 0) is 88.8 Å². The van der Waals surface area contributed by atoms with Gasteiger partial charge < -0.3 is 10.1 Å². The van der Waals surface area contributed by atoms with Crippen molar-refractivity contribution in [3.05, 3.63) is 111 Å². The molecule has 5 nitrogen and oxygen atoms in total. The normalized spacial score (nSPS) is 14.9. The molecule has 1 aromatic heterocycles. The number of methoxy groups -OCH3 is 1. The number of ether oxygens (including phenoxy) is 1. The number of thioether (sulfide) groups is 1. The fraction of sp³-hybridized carbons (Fsp3) is 0.111. The van der Waals surface area contributed by atoms with Crippen molar-refractivity contribution < 1.29 is 9.53 Å². The molecule has 2 heterocycles. The Kier molecular flexibility index (Phi) is 6.73. The summed E-state index contributed by atoms with van der Waals surface area (Å²) in [5.74, 6) is 1.49. The Morgan fingerprint density at radius 2 is 1.82 bits per heavy atom. The first-order chi connectivity index (χ1) is 16.6. The summed E-state index contributed by atoms with van der Waals surface area (Å²) in [5.41, 5.74) is 4.37. The van der Waals surface area contributed by atoms with Gasteiger partial charge in [-0.3, -0.25) is 9.69 Å². The summed E-state index contributed by atoms with van der Waals surface area (Å²) >= 11 is 3.93. The lowest BCUT2D eigenvalue weighted by Gasteiger charge is -2.38. The number of pyridine rings is 1. The summed E-state index contributed by atoms with van der Waals surface area (Å²) in [7, 11) is 1.68. The molecule has 34 heavy (non-hydrogen) atoms. The van der Waals surface area contributed by atoms with Crippen LogP contribution in [0.3, 0.4) is 0 Å². The second kappa shape index (κ2) is 10.1. The van der Waals surface area contributed by atoms with Crippen LogP contribution in [0.15, 0.2) is 96.2 Å². The van der Waals surface area contributed by atoms with Gasteiger partial charge in [0, 0.05) is 32.5 Å². The molecule has 0 spiro atoms. The van der Waals surface area contributed by atoms with Crippen molar-refractivity contribution in [2.75, 3.05) is 17.3 Å². The van der Waals surface area contributed by atoms with E-state index in [0.29, 0.717) is 11.3 Å². The molecule has 0 aliphatic carbocycles. The number of halogens is 1. The van der Waals surface area contributed by atoms with E-state index in [0.717, 1.165) is 36.8 Å². The van der Waals surface area contributed by atoms with Crippen LogP contribution in [0.4, 0.5) is 11.4 Å². The molecule has 3 aromatic carbocycles. The van der Waals surface area contributed by atoms with Gasteiger partial charge in [0.05, 0.1) is 17.7 Å². The van der Waals surface area contributed by atoms with Crippen LogP contribution < -0.4 is 15.0 Å². The number of anilines is 2. The number of benzene rings is 3. The van der Waals surface area contributed by atoms with Crippen LogP contribution in [-0.2, 0) is 5.75 Å². The van der Waals surface area contributed by atoms with E-state index in [1.807, 2.05) is 83.8 Å². The maximum absolute atomic E-state index is 13.7. The Labute approximate surface area is 216 Å². The van der Waals surface area contributed by atoms with E-state index in [1.165, 1.54) is 0 Å². The quantitative estimate of drug-likeness (QED) is 0.202. The first kappa shape index (κ1) is 22.7. The van der Waals surface area contributed by atoms with Crippen molar-refractivity contribution in [1.29, 1.82) is 0 Å². The molecule has 0 saturated heterocycles. The molecule has 1 aliphatic heterocycles. The molecule has 0 bridgehead atoms. The standard InChI is InChI=1S/C27H22IN3O2S/c1-33-24-14-9-18(16-19(24)17-34-25-8-4-5-15-29-25)26-30-23-7-3-2-6-22(23)27(32)31(26)21-12-10-20(28)11-13-21/h2-16,26,30H,17H2,1H3/t26-/m1/s1. The van der Waals surface area contributed by atoms with E-state index in [1.54, 1.807) is 25.1 Å². The van der Waals surface area contributed by atoms with Crippen LogP contribution >= 0.6 is 34.4 Å². The number of para-hydroxylation sites is 1. The number of hydrogen-bond acceptors (Lipinski definition) is 5. The SMILES string of the molecule is COc1ccc([C@@H]2Nc3ccccc3C(=O)N2c2ccc(I)cc2)cc1CSc1ccccn1. The van der Waals surface area contributed by atoms with E-state index in [4.69, 9.17) is 4.74 Å². The summed E-state index contributed by atoms with van der Waals surface area (Å²) in [4.78, 5) is 19.9. The summed E-state index contributed by atoms with van der Waals surface area (Å²) in [5, 5.41) is 4.54. The molecule has 0 saturated carbocycles. The molecular weight excluding hydrogens is 557 g/mol. The van der Waals surface area contributed by atoms with Crippen molar-refractivity contribution in [3.63, 3.8) is 0 Å². The molecule has 7 heteroatoms. The van der Waals surface area contributed by atoms with Crippen LogP contribution in [0, 0.1) is 3.57 Å². The zero-order valence-electron chi connectivity index (χ0n) is 18.4. The number of aromatic nitrogens is 1. The van der Waals surface area contributed by atoms with Gasteiger partial charge in [0.1, 0.15) is 11.9 Å². The van der Waals surface area contributed by atoms with Gasteiger partial charge in [-0.15, -0.1) is 11.8 Å². The number of carbonyl (C=O) groups excluding carboxylic acids is 1. The van der Waals surface area contributed by atoms with Gasteiger partial charge in [0.15, 0.2) is 0 Å². The van der Waals surface area contributed by atoms with E-state index in [-0.39, 0.29) is 12.1 Å². The highest BCUT2D eigenvalue weighted by molar-refractivity contribution is 14.1. The van der Waals surface area contributed by atoms with E-state index in [2.05, 4.69) is 39.0 Å². The van der Waals surface area contributed by atoms with Gasteiger partial charge >= 0.3 is 0 Å². The Hall–Kier alpha value is -3.04. The largest absolute Gasteiger partial charge is 0.496 e. The monoisotopic (exact) mass is 579 g/mol. The van der Waals surface area contributed by atoms with Crippen LogP contribution in [0.1, 0.15) is 27.7 Å². The zero-order chi connectivity index (χ0) is 23.5. The Balaban J connectivity index is 1.54. The lowest BCUT2D eigenvalue weighted by Crippen LogP contribution is -2.43. The Morgan fingerprint density at radius 3 is 2.59 bits per heavy atom. The Bertz CT molecular complexity index is 1320. The minimum atomic E-state index is -0.355. The van der Waals surface area contributed by atoms with Crippen molar-refractivity contribution >= 4 is 51.6 Å². The summed E-state index contributed by atoms with van der Waals surface area (Å²) in [6.45, 7) is 0. The zero-order valence-corrected chi connectivity index (χ0v) is 21.4. The number of nitrogens with one attached hydrogen (secondary N) is 1. The number of hydrogen-bond donors (Lipinski definition) is 1. The van der Waals surface area contributed by atoms with E-state index >= 15 is 0 Å². The molecule has 1 N–H and O–H groups in total. The van der Waals surface area contributed by atoms with Crippen LogP contribution in [0.25, 0.3) is 0 Å². The minimum absolute atomic E-state index is 0.0270. The molecular formula is C27H22IN3O2S. The maximum atomic E-state index is 13.7. The maximum Gasteiger partial charge on any atom is 0.262 e. The highest BCUT2D eigenvalue weighted by Crippen LogP contribution is 2.38. The lowest BCUT2D eigenvalue weighted by molar-refractivity contribution is 0.0975. The topological polar surface area (TPSA) is 54.5 Å². The smallest absolute Gasteiger partial charge is 0.262 e. The van der Waals surface area contributed by atoms with Gasteiger partial charge in [-0.1, -0.05) is 24.3 Å². The fourth-order valence-corrected chi connectivity index (χ4v) is 5.22. The Morgan fingerprint density at radius 1 is 1.03 bits per heavy atom. The third-order valence-electron chi connectivity index (χ3n) is 5.66. The number of carbonyl (C=O) groups is 1. The molecule has 170 valence electrons. The van der Waals surface area contributed by atoms with Crippen LogP contribution in [0.5, 0.6) is 5.75 Å².